The van der Waals surface area contributed by atoms with E-state index in [2.05, 4.69) is 4.98 Å². The summed E-state index contributed by atoms with van der Waals surface area (Å²) in [7, 11) is 3.33. The fourth-order valence-corrected chi connectivity index (χ4v) is 1.54. The van der Waals surface area contributed by atoms with E-state index in [-0.39, 0.29) is 5.91 Å². The smallest absolute Gasteiger partial charge is 0.272 e. The number of pyridine rings is 1. The van der Waals surface area contributed by atoms with Crippen LogP contribution >= 0.6 is 0 Å². The van der Waals surface area contributed by atoms with Gasteiger partial charge in [0.15, 0.2) is 0 Å². The van der Waals surface area contributed by atoms with Gasteiger partial charge in [-0.15, -0.1) is 0 Å². The minimum absolute atomic E-state index is 0.185. The molecule has 0 bridgehead atoms. The molecule has 5 heteroatoms. The minimum atomic E-state index is -0.185. The molecule has 2 aromatic rings. The number of amides is 1. The van der Waals surface area contributed by atoms with Crippen LogP contribution in [0.4, 0.5) is 0 Å². The van der Waals surface area contributed by atoms with Gasteiger partial charge in [-0.25, -0.2) is 4.98 Å². The van der Waals surface area contributed by atoms with E-state index in [0.29, 0.717) is 22.9 Å². The third kappa shape index (κ3) is 3.12. The SMILES string of the molecule is CN(C)C(=O)c1cccc(Oc2ccc(C#N)cc2)n1. The Morgan fingerprint density at radius 2 is 1.90 bits per heavy atom. The molecule has 2 rings (SSSR count). The van der Waals surface area contributed by atoms with E-state index in [9.17, 15) is 4.79 Å². The highest BCUT2D eigenvalue weighted by atomic mass is 16.5. The average molecular weight is 267 g/mol. The molecule has 0 N–H and O–H groups in total. The fraction of sp³-hybridized carbons (Fsp3) is 0.133. The quantitative estimate of drug-likeness (QED) is 0.856. The van der Waals surface area contributed by atoms with E-state index in [0.717, 1.165) is 0 Å². The van der Waals surface area contributed by atoms with Crippen LogP contribution in [0.15, 0.2) is 42.5 Å². The van der Waals surface area contributed by atoms with Gasteiger partial charge < -0.3 is 9.64 Å². The molecule has 0 atom stereocenters. The lowest BCUT2D eigenvalue weighted by molar-refractivity contribution is 0.0821. The highest BCUT2D eigenvalue weighted by molar-refractivity contribution is 5.92. The molecule has 20 heavy (non-hydrogen) atoms. The Morgan fingerprint density at radius 3 is 2.50 bits per heavy atom. The van der Waals surface area contributed by atoms with Crippen molar-refractivity contribution in [1.82, 2.24) is 9.88 Å². The van der Waals surface area contributed by atoms with E-state index in [1.54, 1.807) is 56.6 Å². The second-order valence-electron chi connectivity index (χ2n) is 4.30. The molecule has 0 saturated carbocycles. The van der Waals surface area contributed by atoms with Gasteiger partial charge >= 0.3 is 0 Å². The predicted molar refractivity (Wildman–Crippen MR) is 73.5 cm³/mol. The van der Waals surface area contributed by atoms with Crippen LogP contribution < -0.4 is 4.74 Å². The second-order valence-corrected chi connectivity index (χ2v) is 4.30. The van der Waals surface area contributed by atoms with Crippen LogP contribution in [0.2, 0.25) is 0 Å². The summed E-state index contributed by atoms with van der Waals surface area (Å²) in [5.41, 5.74) is 0.878. The Bertz CT molecular complexity index is 658. The largest absolute Gasteiger partial charge is 0.439 e. The maximum absolute atomic E-state index is 11.8. The highest BCUT2D eigenvalue weighted by Crippen LogP contribution is 2.20. The third-order valence-electron chi connectivity index (χ3n) is 2.55. The molecule has 0 aliphatic heterocycles. The van der Waals surface area contributed by atoms with E-state index in [1.807, 2.05) is 6.07 Å². The summed E-state index contributed by atoms with van der Waals surface area (Å²) in [4.78, 5) is 17.4. The van der Waals surface area contributed by atoms with Crippen LogP contribution in [0.25, 0.3) is 0 Å². The summed E-state index contributed by atoms with van der Waals surface area (Å²) in [5, 5.41) is 8.72. The van der Waals surface area contributed by atoms with Crippen LogP contribution in [-0.4, -0.2) is 29.9 Å². The van der Waals surface area contributed by atoms with Crippen LogP contribution in [0.3, 0.4) is 0 Å². The molecular weight excluding hydrogens is 254 g/mol. The van der Waals surface area contributed by atoms with Gasteiger partial charge in [0, 0.05) is 20.2 Å². The van der Waals surface area contributed by atoms with Gasteiger partial charge in [-0.05, 0) is 30.3 Å². The van der Waals surface area contributed by atoms with E-state index >= 15 is 0 Å². The van der Waals surface area contributed by atoms with Gasteiger partial charge in [-0.1, -0.05) is 6.07 Å². The Balaban J connectivity index is 2.19. The molecule has 0 fully saturated rings. The molecule has 1 aromatic carbocycles. The summed E-state index contributed by atoms with van der Waals surface area (Å²) in [5.74, 6) is 0.712. The molecule has 5 nitrogen and oxygen atoms in total. The van der Waals surface area contributed by atoms with Gasteiger partial charge in [0.05, 0.1) is 11.6 Å². The molecule has 1 amide bonds. The van der Waals surface area contributed by atoms with Crippen LogP contribution in [0, 0.1) is 11.3 Å². The normalized spacial score (nSPS) is 9.65. The first-order chi connectivity index (χ1) is 9.60. The molecule has 0 aliphatic carbocycles. The van der Waals surface area contributed by atoms with Crippen molar-refractivity contribution in [2.24, 2.45) is 0 Å². The first-order valence-corrected chi connectivity index (χ1v) is 5.97. The summed E-state index contributed by atoms with van der Waals surface area (Å²) in [6.07, 6.45) is 0. The van der Waals surface area contributed by atoms with E-state index in [1.165, 1.54) is 4.90 Å². The van der Waals surface area contributed by atoms with Gasteiger partial charge in [0.25, 0.3) is 5.91 Å². The van der Waals surface area contributed by atoms with Gasteiger partial charge in [0.1, 0.15) is 11.4 Å². The van der Waals surface area contributed by atoms with E-state index < -0.39 is 0 Å². The fourth-order valence-electron chi connectivity index (χ4n) is 1.54. The highest BCUT2D eigenvalue weighted by Gasteiger charge is 2.10. The topological polar surface area (TPSA) is 66.2 Å². The maximum Gasteiger partial charge on any atom is 0.272 e. The van der Waals surface area contributed by atoms with Gasteiger partial charge in [0.2, 0.25) is 5.88 Å². The van der Waals surface area contributed by atoms with Crippen LogP contribution in [-0.2, 0) is 0 Å². The monoisotopic (exact) mass is 267 g/mol. The second kappa shape index (κ2) is 5.85. The number of benzene rings is 1. The molecule has 1 heterocycles. The molecule has 1 aromatic heterocycles. The molecule has 0 aliphatic rings. The van der Waals surface area contributed by atoms with Gasteiger partial charge in [-0.2, -0.15) is 5.26 Å². The Labute approximate surface area is 117 Å². The van der Waals surface area contributed by atoms with E-state index in [4.69, 9.17) is 10.00 Å². The van der Waals surface area contributed by atoms with Crippen LogP contribution in [0.1, 0.15) is 16.1 Å². The van der Waals surface area contributed by atoms with Crippen molar-refractivity contribution >= 4 is 5.91 Å². The lowest BCUT2D eigenvalue weighted by atomic mass is 10.2. The van der Waals surface area contributed by atoms with Crippen molar-refractivity contribution in [3.8, 4) is 17.7 Å². The lowest BCUT2D eigenvalue weighted by Gasteiger charge is -2.10. The predicted octanol–water partition coefficient (Wildman–Crippen LogP) is 2.45. The molecule has 100 valence electrons. The molecule has 0 unspecified atom stereocenters. The van der Waals surface area contributed by atoms with Gasteiger partial charge in [-0.3, -0.25) is 4.79 Å². The summed E-state index contributed by atoms with van der Waals surface area (Å²) < 4.78 is 5.56. The van der Waals surface area contributed by atoms with Crippen molar-refractivity contribution in [2.45, 2.75) is 0 Å². The zero-order chi connectivity index (χ0) is 14.5. The number of nitrogens with zero attached hydrogens (tertiary/aromatic N) is 3. The standard InChI is InChI=1S/C15H13N3O2/c1-18(2)15(19)13-4-3-5-14(17-13)20-12-8-6-11(10-16)7-9-12/h3-9H,1-2H3. The summed E-state index contributed by atoms with van der Waals surface area (Å²) in [6.45, 7) is 0. The minimum Gasteiger partial charge on any atom is -0.439 e. The molecule has 0 spiro atoms. The Hall–Kier alpha value is -2.87. The number of hydrogen-bond acceptors (Lipinski definition) is 4. The zero-order valence-electron chi connectivity index (χ0n) is 11.2. The molecular formula is C15H13N3O2. The number of hydrogen-bond donors (Lipinski definition) is 0. The maximum atomic E-state index is 11.8. The molecule has 0 saturated heterocycles. The Kier molecular flexibility index (Phi) is 3.96. The zero-order valence-corrected chi connectivity index (χ0v) is 11.2. The number of rotatable bonds is 3. The lowest BCUT2D eigenvalue weighted by Crippen LogP contribution is -2.22. The first kappa shape index (κ1) is 13.6. The first-order valence-electron chi connectivity index (χ1n) is 5.97. The number of aromatic nitrogens is 1. The van der Waals surface area contributed by atoms with Crippen molar-refractivity contribution < 1.29 is 9.53 Å². The van der Waals surface area contributed by atoms with Crippen molar-refractivity contribution in [1.29, 1.82) is 5.26 Å². The number of carbonyl (C=O) groups excluding carboxylic acids is 1. The van der Waals surface area contributed by atoms with Crippen molar-refractivity contribution in [3.63, 3.8) is 0 Å². The number of ether oxygens (including phenoxy) is 1. The Morgan fingerprint density at radius 1 is 1.20 bits per heavy atom. The summed E-state index contributed by atoms with van der Waals surface area (Å²) in [6, 6.07) is 13.7. The average Bonchev–Trinajstić information content (AvgIpc) is 2.47. The van der Waals surface area contributed by atoms with Crippen LogP contribution in [0.5, 0.6) is 11.6 Å². The summed E-state index contributed by atoms with van der Waals surface area (Å²) >= 11 is 0. The number of nitriles is 1. The molecule has 0 radical (unpaired) electrons. The number of carbonyl (C=O) groups is 1. The van der Waals surface area contributed by atoms with Crippen molar-refractivity contribution in [3.05, 3.63) is 53.7 Å². The third-order valence-corrected chi connectivity index (χ3v) is 2.55. The van der Waals surface area contributed by atoms with Crippen molar-refractivity contribution in [2.75, 3.05) is 14.1 Å².